The van der Waals surface area contributed by atoms with Crippen molar-refractivity contribution in [2.45, 2.75) is 34.6 Å². The van der Waals surface area contributed by atoms with E-state index in [0.717, 1.165) is 18.7 Å². The molecule has 0 aliphatic heterocycles. The van der Waals surface area contributed by atoms with Gasteiger partial charge in [0.2, 0.25) is 0 Å². The largest absolute Gasteiger partial charge is 0.496 e. The van der Waals surface area contributed by atoms with Gasteiger partial charge in [-0.05, 0) is 36.5 Å². The number of benzene rings is 1. The Morgan fingerprint density at radius 2 is 1.71 bits per heavy atom. The molecular weight excluding hydrogens is 262 g/mol. The molecule has 0 amide bonds. The number of methoxy groups -OCH3 is 1. The molecule has 3 nitrogen and oxygen atoms in total. The molecule has 0 heterocycles. The van der Waals surface area contributed by atoms with Crippen molar-refractivity contribution in [1.29, 1.82) is 0 Å². The minimum Gasteiger partial charge on any atom is -0.496 e. The molecule has 21 heavy (non-hydrogen) atoms. The highest BCUT2D eigenvalue weighted by Gasteiger charge is 2.18. The fourth-order valence-electron chi connectivity index (χ4n) is 2.55. The van der Waals surface area contributed by atoms with Crippen LogP contribution in [-0.4, -0.2) is 37.4 Å². The van der Waals surface area contributed by atoms with Crippen LogP contribution in [0, 0.1) is 18.8 Å². The molecule has 0 N–H and O–H groups in total. The molecule has 0 atom stereocenters. The number of hydrogen-bond acceptors (Lipinski definition) is 3. The molecule has 1 rings (SSSR count). The highest BCUT2D eigenvalue weighted by molar-refractivity contribution is 6.00. The molecule has 3 heteroatoms. The number of carbonyl (C=O) groups is 1. The number of nitrogens with zero attached hydrogens (tertiary/aromatic N) is 1. The summed E-state index contributed by atoms with van der Waals surface area (Å²) in [5.41, 5.74) is 1.78. The smallest absolute Gasteiger partial charge is 0.180 e. The van der Waals surface area contributed by atoms with Gasteiger partial charge in [0.15, 0.2) is 5.78 Å². The van der Waals surface area contributed by atoms with Gasteiger partial charge in [0.1, 0.15) is 5.75 Å². The first kappa shape index (κ1) is 17.7. The third kappa shape index (κ3) is 5.88. The lowest BCUT2D eigenvalue weighted by Crippen LogP contribution is -2.36. The average molecular weight is 291 g/mol. The lowest BCUT2D eigenvalue weighted by molar-refractivity contribution is 0.0909. The molecule has 1 aromatic rings. The Bertz CT molecular complexity index is 456. The number of aryl methyl sites for hydroxylation is 1. The summed E-state index contributed by atoms with van der Waals surface area (Å²) in [4.78, 5) is 14.8. The maximum absolute atomic E-state index is 12.6. The van der Waals surface area contributed by atoms with Gasteiger partial charge in [-0.1, -0.05) is 33.8 Å². The minimum absolute atomic E-state index is 0.133. The average Bonchev–Trinajstić information content (AvgIpc) is 2.36. The van der Waals surface area contributed by atoms with Crippen molar-refractivity contribution in [2.24, 2.45) is 11.8 Å². The van der Waals surface area contributed by atoms with Crippen LogP contribution >= 0.6 is 0 Å². The van der Waals surface area contributed by atoms with E-state index in [2.05, 4.69) is 32.6 Å². The van der Waals surface area contributed by atoms with Crippen LogP contribution < -0.4 is 4.74 Å². The van der Waals surface area contributed by atoms with Gasteiger partial charge in [-0.25, -0.2) is 0 Å². The Hall–Kier alpha value is -1.35. The van der Waals surface area contributed by atoms with E-state index in [1.54, 1.807) is 7.11 Å². The monoisotopic (exact) mass is 291 g/mol. The maximum Gasteiger partial charge on any atom is 0.180 e. The van der Waals surface area contributed by atoms with Crippen LogP contribution in [0.25, 0.3) is 0 Å². The zero-order chi connectivity index (χ0) is 16.0. The first-order chi connectivity index (χ1) is 9.83. The molecule has 1 aromatic carbocycles. The van der Waals surface area contributed by atoms with E-state index < -0.39 is 0 Å². The molecule has 0 saturated heterocycles. The number of ether oxygens (including phenoxy) is 1. The summed E-state index contributed by atoms with van der Waals surface area (Å²) in [6.45, 7) is 13.1. The molecule has 0 aliphatic rings. The van der Waals surface area contributed by atoms with Crippen molar-refractivity contribution >= 4 is 5.78 Å². The predicted octanol–water partition coefficient (Wildman–Crippen LogP) is 3.80. The summed E-state index contributed by atoms with van der Waals surface area (Å²) in [5.74, 6) is 1.91. The van der Waals surface area contributed by atoms with E-state index in [1.165, 1.54) is 0 Å². The Morgan fingerprint density at radius 1 is 1.14 bits per heavy atom. The second-order valence-corrected chi connectivity index (χ2v) is 6.61. The van der Waals surface area contributed by atoms with E-state index in [9.17, 15) is 4.79 Å². The Kier molecular flexibility index (Phi) is 6.90. The summed E-state index contributed by atoms with van der Waals surface area (Å²) in [7, 11) is 1.62. The topological polar surface area (TPSA) is 29.5 Å². The fourth-order valence-corrected chi connectivity index (χ4v) is 2.55. The molecule has 0 bridgehead atoms. The van der Waals surface area contributed by atoms with Gasteiger partial charge >= 0.3 is 0 Å². The molecule has 118 valence electrons. The van der Waals surface area contributed by atoms with Crippen LogP contribution in [0.2, 0.25) is 0 Å². The van der Waals surface area contributed by atoms with Crippen LogP contribution in [0.4, 0.5) is 0 Å². The number of Topliss-reactive ketones (excluding diaryl/α,β-unsaturated/α-hetero) is 1. The minimum atomic E-state index is 0.133. The molecule has 0 spiro atoms. The van der Waals surface area contributed by atoms with Crippen LogP contribution in [-0.2, 0) is 0 Å². The van der Waals surface area contributed by atoms with Gasteiger partial charge in [-0.15, -0.1) is 0 Å². The van der Waals surface area contributed by atoms with Crippen molar-refractivity contribution in [2.75, 3.05) is 26.7 Å². The second-order valence-electron chi connectivity index (χ2n) is 6.61. The molecule has 0 aromatic heterocycles. The highest BCUT2D eigenvalue weighted by atomic mass is 16.5. The van der Waals surface area contributed by atoms with Crippen LogP contribution in [0.5, 0.6) is 5.75 Å². The summed E-state index contributed by atoms with van der Waals surface area (Å²) in [5, 5.41) is 0. The maximum atomic E-state index is 12.6. The van der Waals surface area contributed by atoms with Crippen molar-refractivity contribution in [3.63, 3.8) is 0 Å². The number of ketones is 1. The highest BCUT2D eigenvalue weighted by Crippen LogP contribution is 2.21. The van der Waals surface area contributed by atoms with E-state index >= 15 is 0 Å². The lowest BCUT2D eigenvalue weighted by atomic mass is 10.1. The van der Waals surface area contributed by atoms with Gasteiger partial charge in [-0.2, -0.15) is 0 Å². The quantitative estimate of drug-likeness (QED) is 0.682. The van der Waals surface area contributed by atoms with E-state index in [0.29, 0.717) is 29.7 Å². The van der Waals surface area contributed by atoms with E-state index in [4.69, 9.17) is 4.74 Å². The van der Waals surface area contributed by atoms with Crippen molar-refractivity contribution in [1.82, 2.24) is 4.90 Å². The Labute approximate surface area is 129 Å². The number of carbonyl (C=O) groups excluding carboxylic acids is 1. The van der Waals surface area contributed by atoms with Gasteiger partial charge in [-0.3, -0.25) is 9.69 Å². The SMILES string of the molecule is COc1cc(C)ccc1C(=O)CN(CC(C)C)CC(C)C. The zero-order valence-corrected chi connectivity index (χ0v) is 14.3. The second kappa shape index (κ2) is 8.18. The molecule has 0 fully saturated rings. The van der Waals surface area contributed by atoms with Crippen molar-refractivity contribution in [3.8, 4) is 5.75 Å². The van der Waals surface area contributed by atoms with Gasteiger partial charge in [0.05, 0.1) is 19.2 Å². The number of hydrogen-bond donors (Lipinski definition) is 0. The zero-order valence-electron chi connectivity index (χ0n) is 14.3. The normalized spacial score (nSPS) is 11.5. The predicted molar refractivity (Wildman–Crippen MR) is 88.2 cm³/mol. The third-order valence-corrected chi connectivity index (χ3v) is 3.27. The molecule has 0 radical (unpaired) electrons. The van der Waals surface area contributed by atoms with E-state index in [1.807, 2.05) is 25.1 Å². The first-order valence-corrected chi connectivity index (χ1v) is 7.73. The van der Waals surface area contributed by atoms with Gasteiger partial charge in [0.25, 0.3) is 0 Å². The fraction of sp³-hybridized carbons (Fsp3) is 0.611. The van der Waals surface area contributed by atoms with Crippen LogP contribution in [0.15, 0.2) is 18.2 Å². The van der Waals surface area contributed by atoms with Crippen LogP contribution in [0.3, 0.4) is 0 Å². The lowest BCUT2D eigenvalue weighted by Gasteiger charge is -2.25. The molecular formula is C18H29NO2. The Balaban J connectivity index is 2.85. The van der Waals surface area contributed by atoms with Crippen molar-refractivity contribution in [3.05, 3.63) is 29.3 Å². The summed E-state index contributed by atoms with van der Waals surface area (Å²) in [6, 6.07) is 5.76. The Morgan fingerprint density at radius 3 is 2.19 bits per heavy atom. The molecule has 0 aliphatic carbocycles. The van der Waals surface area contributed by atoms with Crippen molar-refractivity contribution < 1.29 is 9.53 Å². The van der Waals surface area contributed by atoms with Gasteiger partial charge < -0.3 is 4.74 Å². The molecule has 0 saturated carbocycles. The standard InChI is InChI=1S/C18H29NO2/c1-13(2)10-19(11-14(3)4)12-17(20)16-8-7-15(5)9-18(16)21-6/h7-9,13-14H,10-12H2,1-6H3. The third-order valence-electron chi connectivity index (χ3n) is 3.27. The molecule has 0 unspecified atom stereocenters. The summed E-state index contributed by atoms with van der Waals surface area (Å²) >= 11 is 0. The summed E-state index contributed by atoms with van der Waals surface area (Å²) < 4.78 is 5.35. The first-order valence-electron chi connectivity index (χ1n) is 7.73. The summed E-state index contributed by atoms with van der Waals surface area (Å²) in [6.07, 6.45) is 0. The van der Waals surface area contributed by atoms with Crippen LogP contribution in [0.1, 0.15) is 43.6 Å². The van der Waals surface area contributed by atoms with E-state index in [-0.39, 0.29) is 5.78 Å². The number of rotatable bonds is 8. The van der Waals surface area contributed by atoms with Gasteiger partial charge in [0, 0.05) is 13.1 Å².